The lowest BCUT2D eigenvalue weighted by atomic mass is 10.0. The van der Waals surface area contributed by atoms with Gasteiger partial charge in [0.1, 0.15) is 23.3 Å². The van der Waals surface area contributed by atoms with E-state index >= 15 is 0 Å². The first-order valence-corrected chi connectivity index (χ1v) is 42.6. The lowest BCUT2D eigenvalue weighted by Gasteiger charge is -2.27. The first-order chi connectivity index (χ1) is 52.5. The van der Waals surface area contributed by atoms with E-state index in [4.69, 9.17) is 35.7 Å². The Morgan fingerprint density at radius 1 is 0.589 bits per heavy atom. The molecule has 8 aromatic rings. The van der Waals surface area contributed by atoms with Crippen molar-refractivity contribution >= 4 is 122 Å². The van der Waals surface area contributed by atoms with Gasteiger partial charge in [0.15, 0.2) is 26.5 Å². The summed E-state index contributed by atoms with van der Waals surface area (Å²) in [4.78, 5) is 113. The number of aliphatic carboxylic acids is 2. The minimum Gasteiger partial charge on any atom is -0.533 e. The number of amides is 4. The standard InChI is InChI=1S/C22H27FN4O2.C16H13FN2O3.C14H22FNOSi2.C8H6FNO.C8H9NO3.C6H16N2.C4H6O5.CH4O/c1-5-27(6-2)10-9-24-22(29)20-13(3)19(25-14(20)4)12-17-16-11-15(23)7-8-18(16)26-21(17)28;1-7-13(18-8(2)14(7)16(21)22)6-11-10-5-9(17)3-4-12(10)19-15(11)20;1-18(2,3)16-13-8-7-12(15)9-11(13)10-14(16)17-19(4,5)6;9-6-1-2-7-5(3-6)4-8(11)10-7;1-4-6(3-10)9-5(2)7(4)8(11)12;1-3-8(4-2)6-5-7;5-2(4(8)9)1-3(6)7;1-2/h7-8,11-12,25H,5-6,9-10H2,1-4H3,(H,24,29)(H,26,28);3-6,18H,1-2H3,(H,19,20)(H,21,22);7-10H,1-6H3;1-3H,4H2,(H,10,11);3,9H,1-2H3,(H,11,12);3-7H2,1-2H3;2,5H,1H2,(H,6,7)(H,8,9);2H,1H3/b17-12-;11-6-;;;;;;/t;;;;;;2-;/m......0./s1. The molecule has 0 fully saturated rings. The van der Waals surface area contributed by atoms with Crippen LogP contribution in [0.3, 0.4) is 0 Å². The molecule has 0 spiro atoms. The quantitative estimate of drug-likeness (QED) is 0.0137. The zero-order valence-corrected chi connectivity index (χ0v) is 68.1. The molecule has 4 amide bonds. The van der Waals surface area contributed by atoms with Gasteiger partial charge in [-0.05, 0) is 195 Å². The highest BCUT2D eigenvalue weighted by molar-refractivity contribution is 6.76. The van der Waals surface area contributed by atoms with Crippen molar-refractivity contribution in [1.82, 2.24) is 34.3 Å². The number of anilines is 3. The number of aromatic nitrogens is 4. The van der Waals surface area contributed by atoms with Crippen LogP contribution in [0.1, 0.15) is 138 Å². The van der Waals surface area contributed by atoms with Crippen LogP contribution in [-0.4, -0.2) is 196 Å². The average molecular weight is 1590 g/mol. The predicted molar refractivity (Wildman–Crippen MR) is 430 cm³/mol. The number of likely N-dealkylation sites (N-methyl/N-ethyl adjacent to an activating group) is 2. The molecule has 0 radical (unpaired) electrons. The number of aliphatic hydroxyl groups is 2. The first-order valence-electron chi connectivity index (χ1n) is 35.8. The third-order valence-corrected chi connectivity index (χ3v) is 20.0. The number of aliphatic hydroxyl groups excluding tert-OH is 2. The fraction of sp³-hybridized carbons (Fsp3) is 0.354. The maximum absolute atomic E-state index is 13.7. The van der Waals surface area contributed by atoms with Crippen LogP contribution in [0.25, 0.3) is 34.2 Å². The lowest BCUT2D eigenvalue weighted by Crippen LogP contribution is -2.36. The number of hydrogen-bond donors (Lipinski definition) is 14. The van der Waals surface area contributed by atoms with Crippen LogP contribution < -0.4 is 31.4 Å². The summed E-state index contributed by atoms with van der Waals surface area (Å²) in [5, 5.41) is 61.0. The van der Waals surface area contributed by atoms with E-state index in [0.717, 1.165) is 92.2 Å². The molecule has 3 aliphatic rings. The van der Waals surface area contributed by atoms with Crippen molar-refractivity contribution in [1.29, 1.82) is 0 Å². The summed E-state index contributed by atoms with van der Waals surface area (Å²) >= 11 is 0. The van der Waals surface area contributed by atoms with Gasteiger partial charge in [-0.15, -0.1) is 0 Å². The molecular formula is C79H103F4N11O16Si2. The van der Waals surface area contributed by atoms with Gasteiger partial charge in [-0.1, -0.05) is 47.3 Å². The second-order valence-corrected chi connectivity index (χ2v) is 36.8. The number of carboxylic acids is 4. The summed E-state index contributed by atoms with van der Waals surface area (Å²) < 4.78 is 61.5. The van der Waals surface area contributed by atoms with Crippen LogP contribution in [-0.2, 0) is 30.4 Å². The molecule has 0 saturated heterocycles. The largest absolute Gasteiger partial charge is 0.533 e. The Bertz CT molecular complexity index is 4770. The van der Waals surface area contributed by atoms with Crippen molar-refractivity contribution in [2.24, 2.45) is 5.73 Å². The first kappa shape index (κ1) is 93.3. The topological polar surface area (TPSA) is 417 Å². The zero-order chi connectivity index (χ0) is 84.6. The van der Waals surface area contributed by atoms with Crippen LogP contribution in [0, 0.1) is 64.8 Å². The van der Waals surface area contributed by atoms with Gasteiger partial charge in [-0.2, -0.15) is 0 Å². The zero-order valence-electron chi connectivity index (χ0n) is 66.1. The number of nitrogens with zero attached hydrogens (tertiary/aromatic N) is 3. The maximum atomic E-state index is 13.7. The predicted octanol–water partition coefficient (Wildman–Crippen LogP) is 12.2. The fourth-order valence-corrected chi connectivity index (χ4v) is 14.5. The smallest absolute Gasteiger partial charge is 0.337 e. The monoisotopic (exact) mass is 1590 g/mol. The lowest BCUT2D eigenvalue weighted by molar-refractivity contribution is -0.152. The Hall–Kier alpha value is -11.1. The molecule has 4 aromatic heterocycles. The van der Waals surface area contributed by atoms with Crippen LogP contribution >= 0.6 is 0 Å². The Morgan fingerprint density at radius 3 is 1.40 bits per heavy atom. The second kappa shape index (κ2) is 42.4. The SMILES string of the molecule is CCN(CC)CCN.CCN(CC)CCNC(=O)c1c(C)[nH]c(/C=C2\C(=O)Nc3ccc(F)cc32)c1C.CO.C[Si](C)(C)Oc1cc2cc(F)ccc2n1[Si](C)(C)C.Cc1[nH]c(/C=C2\C(=O)Nc3ccc(F)cc32)c(C)c1C(=O)O.Cc1[nH]c(C=O)c(C)c1C(=O)O.O=C(O)C[C@H](O)C(=O)O.O=C1Cc2cc(F)ccc2N1. The van der Waals surface area contributed by atoms with E-state index in [1.807, 2.05) is 26.0 Å². The van der Waals surface area contributed by atoms with Crippen molar-refractivity contribution < 1.29 is 95.8 Å². The minimum absolute atomic E-state index is 0.0643. The number of aryl methyl sites for hydroxylation is 3. The number of H-pyrrole nitrogens is 3. The molecule has 7 heterocycles. The van der Waals surface area contributed by atoms with Crippen molar-refractivity contribution in [3.63, 3.8) is 0 Å². The van der Waals surface area contributed by atoms with Gasteiger partial charge in [0.2, 0.25) is 14.2 Å². The van der Waals surface area contributed by atoms with Crippen molar-refractivity contribution in [2.75, 3.05) is 75.4 Å². The normalized spacial score (nSPS) is 13.2. The summed E-state index contributed by atoms with van der Waals surface area (Å²) in [7, 11) is -2.29. The number of aromatic carboxylic acids is 2. The number of carboxylic acid groups (broad SMARTS) is 4. The maximum Gasteiger partial charge on any atom is 0.337 e. The van der Waals surface area contributed by atoms with Gasteiger partial charge in [0.25, 0.3) is 17.7 Å². The third kappa shape index (κ3) is 26.0. The number of halogens is 4. The molecular weight excluding hydrogens is 1490 g/mol. The molecule has 0 aliphatic carbocycles. The molecule has 112 heavy (non-hydrogen) atoms. The summed E-state index contributed by atoms with van der Waals surface area (Å²) in [6.45, 7) is 39.3. The number of nitrogens with two attached hydrogens (primary N) is 1. The summed E-state index contributed by atoms with van der Waals surface area (Å²) in [5.41, 5.74) is 16.7. The Morgan fingerprint density at radius 2 is 1.01 bits per heavy atom. The van der Waals surface area contributed by atoms with Crippen LogP contribution in [0.15, 0.2) is 78.9 Å². The van der Waals surface area contributed by atoms with Crippen molar-refractivity contribution in [3.8, 4) is 5.88 Å². The molecule has 15 N–H and O–H groups in total. The number of benzene rings is 4. The Kier molecular flexibility index (Phi) is 35.3. The number of nitrogens with one attached hydrogen (secondary N) is 7. The third-order valence-electron chi connectivity index (χ3n) is 17.4. The Balaban J connectivity index is 0.000000287. The van der Waals surface area contributed by atoms with E-state index in [1.165, 1.54) is 48.5 Å². The van der Waals surface area contributed by atoms with E-state index in [1.54, 1.807) is 58.0 Å². The molecule has 4 aromatic carbocycles. The molecule has 1 atom stereocenters. The molecule has 606 valence electrons. The number of fused-ring (bicyclic) bond motifs is 4. The fourth-order valence-electron chi connectivity index (χ4n) is 12.0. The second-order valence-electron chi connectivity index (χ2n) is 27.6. The molecule has 11 rings (SSSR count). The van der Waals surface area contributed by atoms with Gasteiger partial charge in [0.05, 0.1) is 46.4 Å². The average Bonchev–Trinajstić information content (AvgIpc) is 1.59. The van der Waals surface area contributed by atoms with Gasteiger partial charge < -0.3 is 91.1 Å². The summed E-state index contributed by atoms with van der Waals surface area (Å²) in [6.07, 6.45) is 1.60. The van der Waals surface area contributed by atoms with Crippen molar-refractivity contribution in [3.05, 3.63) is 186 Å². The van der Waals surface area contributed by atoms with Crippen molar-refractivity contribution in [2.45, 2.75) is 127 Å². The Labute approximate surface area is 649 Å². The number of aromatic amines is 3. The number of hydrogen-bond acceptors (Lipinski definition) is 15. The van der Waals surface area contributed by atoms with Gasteiger partial charge in [-0.3, -0.25) is 28.8 Å². The molecule has 33 heteroatoms. The molecule has 0 saturated carbocycles. The van der Waals surface area contributed by atoms with Crippen LogP contribution in [0.4, 0.5) is 34.6 Å². The van der Waals surface area contributed by atoms with E-state index in [9.17, 15) is 65.8 Å². The highest BCUT2D eigenvalue weighted by atomic mass is 28.4. The summed E-state index contributed by atoms with van der Waals surface area (Å²) in [6, 6.07) is 19.5. The van der Waals surface area contributed by atoms with Gasteiger partial charge >= 0.3 is 23.9 Å². The number of aldehydes is 1. The van der Waals surface area contributed by atoms with E-state index in [0.29, 0.717) is 98.1 Å². The van der Waals surface area contributed by atoms with Gasteiger partial charge in [-0.25, -0.2) is 31.9 Å². The molecule has 3 aliphatic heterocycles. The number of carbonyl (C=O) groups is 9. The minimum atomic E-state index is -1.79. The number of carbonyl (C=O) groups excluding carboxylic acids is 5. The highest BCUT2D eigenvalue weighted by Crippen LogP contribution is 2.37. The van der Waals surface area contributed by atoms with E-state index in [2.05, 4.69) is 117 Å². The van der Waals surface area contributed by atoms with Crippen LogP contribution in [0.2, 0.25) is 39.3 Å². The number of rotatable bonds is 21. The molecule has 0 bridgehead atoms. The molecule has 0 unspecified atom stereocenters. The highest BCUT2D eigenvalue weighted by Gasteiger charge is 2.30. The van der Waals surface area contributed by atoms with E-state index in [-0.39, 0.29) is 46.4 Å². The summed E-state index contributed by atoms with van der Waals surface area (Å²) in [5.74, 6) is -6.15. The molecule has 27 nitrogen and oxygen atoms in total. The van der Waals surface area contributed by atoms with E-state index < -0.39 is 64.6 Å². The van der Waals surface area contributed by atoms with Crippen LogP contribution in [0.5, 0.6) is 5.88 Å². The van der Waals surface area contributed by atoms with Gasteiger partial charge in [0, 0.05) is 107 Å².